The zero-order valence-electron chi connectivity index (χ0n) is 9.21. The van der Waals surface area contributed by atoms with Crippen LogP contribution in [0.1, 0.15) is 33.1 Å². The van der Waals surface area contributed by atoms with E-state index in [0.29, 0.717) is 12.5 Å². The van der Waals surface area contributed by atoms with Gasteiger partial charge in [-0.3, -0.25) is 0 Å². The second-order valence-electron chi connectivity index (χ2n) is 5.13. The number of rotatable bonds is 2. The molecular weight excluding hydrogens is 178 g/mol. The predicted octanol–water partition coefficient (Wildman–Crippen LogP) is 1.31. The quantitative estimate of drug-likeness (QED) is 0.729. The maximum atomic E-state index is 6.16. The van der Waals surface area contributed by atoms with E-state index in [1.54, 1.807) is 0 Å². The molecule has 0 amide bonds. The van der Waals surface area contributed by atoms with Gasteiger partial charge in [0, 0.05) is 19.1 Å². The lowest BCUT2D eigenvalue weighted by atomic mass is 9.85. The predicted molar refractivity (Wildman–Crippen MR) is 55.1 cm³/mol. The first kappa shape index (κ1) is 10.4. The average Bonchev–Trinajstić information content (AvgIpc) is 2.75. The number of ether oxygens (including phenoxy) is 2. The summed E-state index contributed by atoms with van der Waals surface area (Å²) in [6.07, 6.45) is 3.34. The molecule has 3 nitrogen and oxygen atoms in total. The highest BCUT2D eigenvalue weighted by Crippen LogP contribution is 2.44. The summed E-state index contributed by atoms with van der Waals surface area (Å²) in [5.41, 5.74) is 5.64. The van der Waals surface area contributed by atoms with Crippen LogP contribution in [0.3, 0.4) is 0 Å². The highest BCUT2D eigenvalue weighted by Gasteiger charge is 2.48. The van der Waals surface area contributed by atoms with Crippen molar-refractivity contribution >= 4 is 0 Å². The molecule has 0 spiro atoms. The van der Waals surface area contributed by atoms with Gasteiger partial charge >= 0.3 is 0 Å². The first-order chi connectivity index (χ1) is 6.58. The molecule has 2 heterocycles. The standard InChI is InChI=1S/C11H21NO2/c1-10(8-12)4-5-11(2,14-10)9-3-6-13-7-9/h9H,3-8,12H2,1-2H3. The molecule has 2 fully saturated rings. The van der Waals surface area contributed by atoms with Gasteiger partial charge in [-0.1, -0.05) is 0 Å². The zero-order chi connectivity index (χ0) is 10.2. The van der Waals surface area contributed by atoms with Gasteiger partial charge in [0.2, 0.25) is 0 Å². The van der Waals surface area contributed by atoms with E-state index in [0.717, 1.165) is 32.5 Å². The van der Waals surface area contributed by atoms with Crippen molar-refractivity contribution in [3.63, 3.8) is 0 Å². The molecule has 2 N–H and O–H groups in total. The molecule has 2 rings (SSSR count). The first-order valence-electron chi connectivity index (χ1n) is 5.56. The molecule has 0 saturated carbocycles. The normalized spacial score (nSPS) is 48.6. The van der Waals surface area contributed by atoms with Gasteiger partial charge in [0.1, 0.15) is 0 Å². The third-order valence-electron chi connectivity index (χ3n) is 3.85. The Morgan fingerprint density at radius 1 is 1.36 bits per heavy atom. The summed E-state index contributed by atoms with van der Waals surface area (Å²) in [5, 5.41) is 0. The third-order valence-corrected chi connectivity index (χ3v) is 3.85. The van der Waals surface area contributed by atoms with E-state index in [2.05, 4.69) is 13.8 Å². The molecular formula is C11H21NO2. The third kappa shape index (κ3) is 1.69. The minimum absolute atomic E-state index is 0.00458. The minimum atomic E-state index is -0.0999. The van der Waals surface area contributed by atoms with Crippen molar-refractivity contribution in [2.75, 3.05) is 19.8 Å². The summed E-state index contributed by atoms with van der Waals surface area (Å²) < 4.78 is 11.6. The Kier molecular flexibility index (Phi) is 2.58. The first-order valence-corrected chi connectivity index (χ1v) is 5.56. The van der Waals surface area contributed by atoms with E-state index in [-0.39, 0.29) is 11.2 Å². The van der Waals surface area contributed by atoms with Crippen molar-refractivity contribution in [2.45, 2.75) is 44.3 Å². The van der Waals surface area contributed by atoms with Gasteiger partial charge in [0.15, 0.2) is 0 Å². The minimum Gasteiger partial charge on any atom is -0.381 e. The summed E-state index contributed by atoms with van der Waals surface area (Å²) in [6, 6.07) is 0. The van der Waals surface area contributed by atoms with Crippen molar-refractivity contribution < 1.29 is 9.47 Å². The Hall–Kier alpha value is -0.120. The van der Waals surface area contributed by atoms with Gasteiger partial charge in [-0.15, -0.1) is 0 Å². The molecule has 0 aromatic heterocycles. The highest BCUT2D eigenvalue weighted by atomic mass is 16.5. The molecule has 3 atom stereocenters. The van der Waals surface area contributed by atoms with E-state index in [1.165, 1.54) is 0 Å². The molecule has 2 aliphatic heterocycles. The van der Waals surface area contributed by atoms with Crippen LogP contribution in [-0.4, -0.2) is 31.0 Å². The lowest BCUT2D eigenvalue weighted by Crippen LogP contribution is -2.41. The molecule has 0 aromatic rings. The van der Waals surface area contributed by atoms with Crippen LogP contribution in [-0.2, 0) is 9.47 Å². The summed E-state index contributed by atoms with van der Waals surface area (Å²) in [4.78, 5) is 0. The zero-order valence-corrected chi connectivity index (χ0v) is 9.21. The van der Waals surface area contributed by atoms with Gasteiger partial charge in [-0.05, 0) is 33.1 Å². The van der Waals surface area contributed by atoms with Crippen LogP contribution in [0, 0.1) is 5.92 Å². The summed E-state index contributed by atoms with van der Waals surface area (Å²) in [7, 11) is 0. The van der Waals surface area contributed by atoms with Gasteiger partial charge in [0.05, 0.1) is 17.8 Å². The lowest BCUT2D eigenvalue weighted by molar-refractivity contribution is -0.110. The fourth-order valence-corrected chi connectivity index (χ4v) is 2.62. The molecule has 0 aromatic carbocycles. The highest BCUT2D eigenvalue weighted by molar-refractivity contribution is 4.97. The van der Waals surface area contributed by atoms with Crippen molar-refractivity contribution in [2.24, 2.45) is 11.7 Å². The van der Waals surface area contributed by atoms with E-state index in [1.807, 2.05) is 0 Å². The molecule has 3 unspecified atom stereocenters. The SMILES string of the molecule is CC1(CN)CCC(C)(C2CCOC2)O1. The topological polar surface area (TPSA) is 44.5 Å². The fraction of sp³-hybridized carbons (Fsp3) is 1.00. The summed E-state index contributed by atoms with van der Waals surface area (Å²) in [5.74, 6) is 0.566. The van der Waals surface area contributed by atoms with Gasteiger partial charge < -0.3 is 15.2 Å². The summed E-state index contributed by atoms with van der Waals surface area (Å²) >= 11 is 0. The van der Waals surface area contributed by atoms with Crippen molar-refractivity contribution in [3.8, 4) is 0 Å². The van der Waals surface area contributed by atoms with E-state index >= 15 is 0 Å². The van der Waals surface area contributed by atoms with Crippen molar-refractivity contribution in [1.82, 2.24) is 0 Å². The maximum absolute atomic E-state index is 6.16. The van der Waals surface area contributed by atoms with Crippen molar-refractivity contribution in [3.05, 3.63) is 0 Å². The Labute approximate surface area is 85.9 Å². The average molecular weight is 199 g/mol. The fourth-order valence-electron chi connectivity index (χ4n) is 2.62. The van der Waals surface area contributed by atoms with E-state index < -0.39 is 0 Å². The molecule has 0 radical (unpaired) electrons. The number of hydrogen-bond donors (Lipinski definition) is 1. The Bertz CT molecular complexity index is 215. The van der Waals surface area contributed by atoms with Gasteiger partial charge in [0.25, 0.3) is 0 Å². The largest absolute Gasteiger partial charge is 0.381 e. The smallest absolute Gasteiger partial charge is 0.0784 e. The Morgan fingerprint density at radius 3 is 2.64 bits per heavy atom. The molecule has 2 aliphatic rings. The Balaban J connectivity index is 2.04. The maximum Gasteiger partial charge on any atom is 0.0784 e. The van der Waals surface area contributed by atoms with E-state index in [9.17, 15) is 0 Å². The molecule has 82 valence electrons. The summed E-state index contributed by atoms with van der Waals surface area (Å²) in [6.45, 7) is 6.71. The van der Waals surface area contributed by atoms with Crippen LogP contribution >= 0.6 is 0 Å². The van der Waals surface area contributed by atoms with Crippen LogP contribution in [0.25, 0.3) is 0 Å². The second-order valence-corrected chi connectivity index (χ2v) is 5.13. The molecule has 0 aliphatic carbocycles. The number of nitrogens with two attached hydrogens (primary N) is 1. The van der Waals surface area contributed by atoms with Crippen LogP contribution < -0.4 is 5.73 Å². The Morgan fingerprint density at radius 2 is 2.14 bits per heavy atom. The van der Waals surface area contributed by atoms with Crippen LogP contribution in [0.4, 0.5) is 0 Å². The molecule has 2 saturated heterocycles. The van der Waals surface area contributed by atoms with Gasteiger partial charge in [-0.25, -0.2) is 0 Å². The van der Waals surface area contributed by atoms with Gasteiger partial charge in [-0.2, -0.15) is 0 Å². The molecule has 14 heavy (non-hydrogen) atoms. The second kappa shape index (κ2) is 3.47. The number of hydrogen-bond acceptors (Lipinski definition) is 3. The van der Waals surface area contributed by atoms with Crippen molar-refractivity contribution in [1.29, 1.82) is 0 Å². The molecule has 3 heteroatoms. The molecule has 0 bridgehead atoms. The van der Waals surface area contributed by atoms with E-state index in [4.69, 9.17) is 15.2 Å². The lowest BCUT2D eigenvalue weighted by Gasteiger charge is -2.33. The van der Waals surface area contributed by atoms with Crippen LogP contribution in [0.15, 0.2) is 0 Å². The van der Waals surface area contributed by atoms with Crippen LogP contribution in [0.2, 0.25) is 0 Å². The van der Waals surface area contributed by atoms with Crippen LogP contribution in [0.5, 0.6) is 0 Å². The monoisotopic (exact) mass is 199 g/mol.